The minimum absolute atomic E-state index is 0.202. The molecule has 0 saturated carbocycles. The first-order valence-corrected chi connectivity index (χ1v) is 9.78. The summed E-state index contributed by atoms with van der Waals surface area (Å²) in [4.78, 5) is 0. The second-order valence-electron chi connectivity index (χ2n) is 6.38. The third-order valence-electron chi connectivity index (χ3n) is 4.43. The summed E-state index contributed by atoms with van der Waals surface area (Å²) in [6.45, 7) is 2.63. The zero-order valence-electron chi connectivity index (χ0n) is 14.7. The summed E-state index contributed by atoms with van der Waals surface area (Å²) in [5.74, 6) is 2.50. The third kappa shape index (κ3) is 4.71. The van der Waals surface area contributed by atoms with Gasteiger partial charge in [0.1, 0.15) is 23.7 Å². The summed E-state index contributed by atoms with van der Waals surface area (Å²) in [5, 5.41) is 29.0. The van der Waals surface area contributed by atoms with Crippen molar-refractivity contribution >= 4 is 11.8 Å². The minimum Gasteiger partial charge on any atom is -0.508 e. The van der Waals surface area contributed by atoms with Gasteiger partial charge in [-0.1, -0.05) is 24.3 Å². The number of thioether (sulfide) groups is 1. The number of hydrogen-bond acceptors (Lipinski definition) is 6. The molecule has 0 amide bonds. The van der Waals surface area contributed by atoms with Crippen molar-refractivity contribution in [1.29, 1.82) is 0 Å². The molecule has 3 rings (SSSR count). The fourth-order valence-corrected chi connectivity index (χ4v) is 3.66. The second-order valence-corrected chi connectivity index (χ2v) is 7.53. The number of aromatic hydroxyl groups is 1. The third-order valence-corrected chi connectivity index (χ3v) is 5.45. The van der Waals surface area contributed by atoms with Crippen molar-refractivity contribution in [2.24, 2.45) is 0 Å². The second kappa shape index (κ2) is 8.77. The van der Waals surface area contributed by atoms with Crippen molar-refractivity contribution < 1.29 is 24.8 Å². The van der Waals surface area contributed by atoms with Crippen LogP contribution in [0.5, 0.6) is 11.5 Å². The van der Waals surface area contributed by atoms with Gasteiger partial charge in [-0.2, -0.15) is 11.8 Å². The monoisotopic (exact) mass is 376 g/mol. The Hall–Kier alpha value is -1.73. The van der Waals surface area contributed by atoms with E-state index in [4.69, 9.17) is 9.47 Å². The molecule has 1 aliphatic heterocycles. The highest BCUT2D eigenvalue weighted by molar-refractivity contribution is 7.99. The van der Waals surface area contributed by atoms with Crippen molar-refractivity contribution in [2.75, 3.05) is 24.7 Å². The number of rotatable bonds is 7. The van der Waals surface area contributed by atoms with Crippen LogP contribution in [0.2, 0.25) is 0 Å². The molecule has 1 fully saturated rings. The van der Waals surface area contributed by atoms with Crippen LogP contribution in [0.25, 0.3) is 11.1 Å². The molecule has 0 radical (unpaired) electrons. The maximum Gasteiger partial charge on any atom is 0.119 e. The topological polar surface area (TPSA) is 79.2 Å². The summed E-state index contributed by atoms with van der Waals surface area (Å²) in [6, 6.07) is 13.4. The van der Waals surface area contributed by atoms with Gasteiger partial charge in [0.15, 0.2) is 0 Å². The molecule has 2 aromatic rings. The maximum atomic E-state index is 9.83. The van der Waals surface area contributed by atoms with Crippen LogP contribution in [-0.2, 0) is 4.74 Å². The average Bonchev–Trinajstić information content (AvgIpc) is 2.96. The molecule has 140 valence electrons. The largest absolute Gasteiger partial charge is 0.508 e. The Labute approximate surface area is 157 Å². The van der Waals surface area contributed by atoms with Gasteiger partial charge in [-0.05, 0) is 41.8 Å². The van der Waals surface area contributed by atoms with Crippen LogP contribution in [0, 0.1) is 6.92 Å². The molecule has 1 heterocycles. The van der Waals surface area contributed by atoms with Gasteiger partial charge in [-0.3, -0.25) is 0 Å². The molecule has 3 atom stereocenters. The lowest BCUT2D eigenvalue weighted by Crippen LogP contribution is -2.31. The van der Waals surface area contributed by atoms with Crippen LogP contribution in [0.1, 0.15) is 5.56 Å². The van der Waals surface area contributed by atoms with E-state index in [1.165, 1.54) is 0 Å². The molecule has 1 aliphatic rings. The highest BCUT2D eigenvalue weighted by atomic mass is 32.2. The lowest BCUT2D eigenvalue weighted by atomic mass is 10.0. The van der Waals surface area contributed by atoms with Crippen LogP contribution >= 0.6 is 11.8 Å². The molecule has 3 N–H and O–H groups in total. The molecular formula is C20H24O5S. The Morgan fingerprint density at radius 1 is 1.12 bits per heavy atom. The van der Waals surface area contributed by atoms with Gasteiger partial charge in [-0.25, -0.2) is 0 Å². The molecular weight excluding hydrogens is 352 g/mol. The van der Waals surface area contributed by atoms with Gasteiger partial charge < -0.3 is 24.8 Å². The van der Waals surface area contributed by atoms with Crippen molar-refractivity contribution in [2.45, 2.75) is 25.2 Å². The van der Waals surface area contributed by atoms with Crippen molar-refractivity contribution in [3.05, 3.63) is 48.0 Å². The van der Waals surface area contributed by atoms with Crippen LogP contribution in [0.15, 0.2) is 42.5 Å². The number of aliphatic hydroxyl groups excluding tert-OH is 2. The predicted molar refractivity (Wildman–Crippen MR) is 103 cm³/mol. The zero-order chi connectivity index (χ0) is 18.5. The number of hydrogen-bond donors (Lipinski definition) is 3. The SMILES string of the molecule is Cc1ccc(-c2ccc(OCCSC[C@H]3OC[C@H](O)[C@@H]3O)cc2)cc1O. The van der Waals surface area contributed by atoms with E-state index < -0.39 is 12.2 Å². The summed E-state index contributed by atoms with van der Waals surface area (Å²) >= 11 is 1.63. The predicted octanol–water partition coefficient (Wildman–Crippen LogP) is 2.60. The van der Waals surface area contributed by atoms with Crippen molar-refractivity contribution in [1.82, 2.24) is 0 Å². The molecule has 0 bridgehead atoms. The van der Waals surface area contributed by atoms with Gasteiger partial charge >= 0.3 is 0 Å². The molecule has 0 unspecified atom stereocenters. The summed E-state index contributed by atoms with van der Waals surface area (Å²) in [5.41, 5.74) is 2.84. The Morgan fingerprint density at radius 3 is 2.50 bits per heavy atom. The fraction of sp³-hybridized carbons (Fsp3) is 0.400. The number of aryl methyl sites for hydroxylation is 1. The Morgan fingerprint density at radius 2 is 1.85 bits per heavy atom. The first kappa shape index (κ1) is 19.0. The quantitative estimate of drug-likeness (QED) is 0.645. The van der Waals surface area contributed by atoms with Gasteiger partial charge in [0.25, 0.3) is 0 Å². The summed E-state index contributed by atoms with van der Waals surface area (Å²) < 4.78 is 11.1. The molecule has 6 heteroatoms. The lowest BCUT2D eigenvalue weighted by molar-refractivity contribution is 0.0337. The van der Waals surface area contributed by atoms with Crippen LogP contribution < -0.4 is 4.74 Å². The number of aliphatic hydroxyl groups is 2. The average molecular weight is 376 g/mol. The summed E-state index contributed by atoms with van der Waals surface area (Å²) in [6.07, 6.45) is -1.87. The highest BCUT2D eigenvalue weighted by Gasteiger charge is 2.34. The zero-order valence-corrected chi connectivity index (χ0v) is 15.5. The summed E-state index contributed by atoms with van der Waals surface area (Å²) in [7, 11) is 0. The number of phenols is 1. The Kier molecular flexibility index (Phi) is 6.43. The van der Waals surface area contributed by atoms with E-state index in [9.17, 15) is 15.3 Å². The smallest absolute Gasteiger partial charge is 0.119 e. The molecule has 26 heavy (non-hydrogen) atoms. The van der Waals surface area contributed by atoms with Gasteiger partial charge in [0.05, 0.1) is 19.3 Å². The van der Waals surface area contributed by atoms with E-state index in [0.717, 1.165) is 28.2 Å². The van der Waals surface area contributed by atoms with E-state index in [0.29, 0.717) is 18.1 Å². The molecule has 1 saturated heterocycles. The van der Waals surface area contributed by atoms with Gasteiger partial charge in [-0.15, -0.1) is 0 Å². The molecule has 5 nitrogen and oxygen atoms in total. The maximum absolute atomic E-state index is 9.83. The number of ether oxygens (including phenoxy) is 2. The fourth-order valence-electron chi connectivity index (χ4n) is 2.76. The van der Waals surface area contributed by atoms with Crippen LogP contribution in [0.3, 0.4) is 0 Å². The number of benzene rings is 2. The van der Waals surface area contributed by atoms with E-state index in [-0.39, 0.29) is 12.7 Å². The molecule has 0 aromatic heterocycles. The van der Waals surface area contributed by atoms with Crippen LogP contribution in [-0.4, -0.2) is 58.4 Å². The van der Waals surface area contributed by atoms with Crippen molar-refractivity contribution in [3.8, 4) is 22.6 Å². The van der Waals surface area contributed by atoms with E-state index in [2.05, 4.69) is 0 Å². The van der Waals surface area contributed by atoms with E-state index in [1.54, 1.807) is 17.8 Å². The van der Waals surface area contributed by atoms with Crippen LogP contribution in [0.4, 0.5) is 0 Å². The van der Waals surface area contributed by atoms with Gasteiger partial charge in [0.2, 0.25) is 0 Å². The first-order chi connectivity index (χ1) is 12.5. The lowest BCUT2D eigenvalue weighted by Gasteiger charge is -2.14. The Bertz CT molecular complexity index is 719. The number of phenolic OH excluding ortho intramolecular Hbond substituents is 1. The van der Waals surface area contributed by atoms with E-state index >= 15 is 0 Å². The standard InChI is InChI=1S/C20H24O5S/c1-13-2-3-15(10-17(13)21)14-4-6-16(7-5-14)24-8-9-26-12-19-20(23)18(22)11-25-19/h2-7,10,18-23H,8-9,11-12H2,1H3/t18-,19+,20-/m0/s1. The Balaban J connectivity index is 1.42. The minimum atomic E-state index is -0.794. The van der Waals surface area contributed by atoms with E-state index in [1.807, 2.05) is 43.3 Å². The molecule has 2 aromatic carbocycles. The first-order valence-electron chi connectivity index (χ1n) is 8.63. The highest BCUT2D eigenvalue weighted by Crippen LogP contribution is 2.27. The molecule has 0 aliphatic carbocycles. The molecule has 0 spiro atoms. The van der Waals surface area contributed by atoms with Crippen molar-refractivity contribution in [3.63, 3.8) is 0 Å². The van der Waals surface area contributed by atoms with Gasteiger partial charge in [0, 0.05) is 11.5 Å². The normalized spacial score (nSPS) is 22.5.